The van der Waals surface area contributed by atoms with Crippen LogP contribution in [-0.4, -0.2) is 44.9 Å². The van der Waals surface area contributed by atoms with E-state index in [2.05, 4.69) is 9.97 Å². The average Bonchev–Trinajstić information content (AvgIpc) is 2.38. The van der Waals surface area contributed by atoms with Gasteiger partial charge < -0.3 is 10.0 Å². The summed E-state index contributed by atoms with van der Waals surface area (Å²) < 4.78 is 0. The van der Waals surface area contributed by atoms with Crippen LogP contribution in [0.1, 0.15) is 53.1 Å². The summed E-state index contributed by atoms with van der Waals surface area (Å²) in [6.07, 6.45) is 7.90. The molecule has 1 aromatic heterocycles. The number of carboxylic acids is 1. The first-order valence-corrected chi connectivity index (χ1v) is 6.53. The lowest BCUT2D eigenvalue weighted by Crippen LogP contribution is -2.34. The minimum atomic E-state index is -1.14. The molecular formula is C13H17N3O3. The minimum absolute atomic E-state index is 0.149. The summed E-state index contributed by atoms with van der Waals surface area (Å²) >= 11 is 0. The van der Waals surface area contributed by atoms with Crippen molar-refractivity contribution in [1.29, 1.82) is 0 Å². The van der Waals surface area contributed by atoms with Crippen LogP contribution in [0.3, 0.4) is 0 Å². The number of hydrogen-bond acceptors (Lipinski definition) is 4. The lowest BCUT2D eigenvalue weighted by Gasteiger charge is -2.24. The number of carboxylic acid groups (broad SMARTS) is 1. The van der Waals surface area contributed by atoms with Crippen molar-refractivity contribution in [2.45, 2.75) is 32.1 Å². The maximum Gasteiger partial charge on any atom is 0.356 e. The lowest BCUT2D eigenvalue weighted by molar-refractivity contribution is 0.0684. The molecule has 1 aromatic rings. The molecule has 0 aliphatic carbocycles. The normalized spacial score (nSPS) is 16.5. The second-order valence-electron chi connectivity index (χ2n) is 4.65. The molecular weight excluding hydrogens is 246 g/mol. The monoisotopic (exact) mass is 263 g/mol. The summed E-state index contributed by atoms with van der Waals surface area (Å²) in [5, 5.41) is 8.73. The Morgan fingerprint density at radius 1 is 0.947 bits per heavy atom. The number of aromatic carboxylic acids is 1. The van der Waals surface area contributed by atoms with Gasteiger partial charge in [-0.15, -0.1) is 0 Å². The quantitative estimate of drug-likeness (QED) is 0.875. The molecule has 1 aliphatic heterocycles. The van der Waals surface area contributed by atoms with Crippen LogP contribution in [0.4, 0.5) is 0 Å². The van der Waals surface area contributed by atoms with Crippen molar-refractivity contribution in [3.05, 3.63) is 23.8 Å². The number of amides is 1. The first-order chi connectivity index (χ1) is 9.18. The van der Waals surface area contributed by atoms with Crippen molar-refractivity contribution in [2.24, 2.45) is 0 Å². The summed E-state index contributed by atoms with van der Waals surface area (Å²) in [4.78, 5) is 32.3. The van der Waals surface area contributed by atoms with Gasteiger partial charge >= 0.3 is 5.97 Å². The van der Waals surface area contributed by atoms with Crippen molar-refractivity contribution < 1.29 is 14.7 Å². The highest BCUT2D eigenvalue weighted by Crippen LogP contribution is 2.12. The van der Waals surface area contributed by atoms with Gasteiger partial charge in [-0.05, 0) is 12.8 Å². The van der Waals surface area contributed by atoms with Crippen LogP contribution in [0.15, 0.2) is 12.4 Å². The highest BCUT2D eigenvalue weighted by Gasteiger charge is 2.18. The second kappa shape index (κ2) is 6.26. The first kappa shape index (κ1) is 13.5. The highest BCUT2D eigenvalue weighted by atomic mass is 16.4. The predicted molar refractivity (Wildman–Crippen MR) is 68.0 cm³/mol. The van der Waals surface area contributed by atoms with Gasteiger partial charge in [-0.2, -0.15) is 0 Å². The Hall–Kier alpha value is -1.98. The van der Waals surface area contributed by atoms with E-state index in [1.165, 1.54) is 12.6 Å². The van der Waals surface area contributed by atoms with E-state index in [0.717, 1.165) is 45.0 Å². The molecule has 0 aromatic carbocycles. The molecule has 0 unspecified atom stereocenters. The summed E-state index contributed by atoms with van der Waals surface area (Å²) in [6, 6.07) is 0. The van der Waals surface area contributed by atoms with E-state index in [0.29, 0.717) is 0 Å². The lowest BCUT2D eigenvalue weighted by atomic mass is 10.1. The zero-order chi connectivity index (χ0) is 13.7. The van der Waals surface area contributed by atoms with E-state index in [4.69, 9.17) is 5.11 Å². The number of aromatic nitrogens is 2. The van der Waals surface area contributed by atoms with E-state index >= 15 is 0 Å². The van der Waals surface area contributed by atoms with E-state index in [-0.39, 0.29) is 17.3 Å². The third kappa shape index (κ3) is 3.49. The van der Waals surface area contributed by atoms with Crippen LogP contribution in [0.25, 0.3) is 0 Å². The molecule has 102 valence electrons. The number of likely N-dealkylation sites (tertiary alicyclic amines) is 1. The van der Waals surface area contributed by atoms with E-state index in [9.17, 15) is 9.59 Å². The predicted octanol–water partition coefficient (Wildman–Crippen LogP) is 1.58. The minimum Gasteiger partial charge on any atom is -0.476 e. The van der Waals surface area contributed by atoms with Gasteiger partial charge in [0.1, 0.15) is 5.69 Å². The molecule has 2 rings (SSSR count). The Balaban J connectivity index is 2.06. The molecule has 1 aliphatic rings. The van der Waals surface area contributed by atoms with Crippen LogP contribution < -0.4 is 0 Å². The summed E-state index contributed by atoms with van der Waals surface area (Å²) in [5.41, 5.74) is 0.0646. The molecule has 0 spiro atoms. The van der Waals surface area contributed by atoms with Crippen molar-refractivity contribution in [1.82, 2.24) is 14.9 Å². The molecule has 2 heterocycles. The van der Waals surface area contributed by atoms with Crippen molar-refractivity contribution in [2.75, 3.05) is 13.1 Å². The van der Waals surface area contributed by atoms with Crippen molar-refractivity contribution in [3.8, 4) is 0 Å². The molecule has 1 N–H and O–H groups in total. The number of carbonyl (C=O) groups excluding carboxylic acids is 1. The largest absolute Gasteiger partial charge is 0.476 e. The first-order valence-electron chi connectivity index (χ1n) is 6.53. The third-order valence-electron chi connectivity index (χ3n) is 3.23. The van der Waals surface area contributed by atoms with Gasteiger partial charge in [-0.1, -0.05) is 19.3 Å². The fourth-order valence-corrected chi connectivity index (χ4v) is 2.16. The smallest absolute Gasteiger partial charge is 0.356 e. The Bertz CT molecular complexity index is 451. The molecule has 19 heavy (non-hydrogen) atoms. The maximum absolute atomic E-state index is 12.2. The van der Waals surface area contributed by atoms with Crippen LogP contribution in [0.5, 0.6) is 0 Å². The summed E-state index contributed by atoms with van der Waals surface area (Å²) in [5.74, 6) is -1.30. The van der Waals surface area contributed by atoms with Crippen LogP contribution in [0, 0.1) is 0 Å². The topological polar surface area (TPSA) is 83.4 Å². The number of carbonyl (C=O) groups is 2. The SMILES string of the molecule is O=C(O)c1cnc(C(=O)N2CCCCCCC2)cn1. The maximum atomic E-state index is 12.2. The molecule has 0 atom stereocenters. The Kier molecular flexibility index (Phi) is 4.43. The van der Waals surface area contributed by atoms with Gasteiger partial charge in [0, 0.05) is 13.1 Å². The van der Waals surface area contributed by atoms with Gasteiger partial charge in [-0.25, -0.2) is 14.8 Å². The molecule has 6 nitrogen and oxygen atoms in total. The molecule has 6 heteroatoms. The van der Waals surface area contributed by atoms with E-state index < -0.39 is 5.97 Å². The van der Waals surface area contributed by atoms with E-state index in [1.807, 2.05) is 0 Å². The van der Waals surface area contributed by atoms with Crippen LogP contribution in [0.2, 0.25) is 0 Å². The van der Waals surface area contributed by atoms with Gasteiger partial charge in [0.25, 0.3) is 5.91 Å². The Morgan fingerprint density at radius 3 is 2.00 bits per heavy atom. The molecule has 1 fully saturated rings. The molecule has 0 bridgehead atoms. The van der Waals surface area contributed by atoms with E-state index in [1.54, 1.807) is 4.90 Å². The zero-order valence-electron chi connectivity index (χ0n) is 10.7. The number of nitrogens with zero attached hydrogens (tertiary/aromatic N) is 3. The fraction of sp³-hybridized carbons (Fsp3) is 0.538. The van der Waals surface area contributed by atoms with Gasteiger partial charge in [0.2, 0.25) is 0 Å². The van der Waals surface area contributed by atoms with Gasteiger partial charge in [0.15, 0.2) is 5.69 Å². The Morgan fingerprint density at radius 2 is 1.47 bits per heavy atom. The van der Waals surface area contributed by atoms with Crippen LogP contribution in [-0.2, 0) is 0 Å². The molecule has 1 amide bonds. The standard InChI is InChI=1S/C13H17N3O3/c17-12(16-6-4-2-1-3-5-7-16)10-8-15-11(9-14-10)13(18)19/h8-9H,1-7H2,(H,18,19). The van der Waals surface area contributed by atoms with Crippen molar-refractivity contribution in [3.63, 3.8) is 0 Å². The third-order valence-corrected chi connectivity index (χ3v) is 3.23. The fourth-order valence-electron chi connectivity index (χ4n) is 2.16. The van der Waals surface area contributed by atoms with Crippen LogP contribution >= 0.6 is 0 Å². The molecule has 0 radical (unpaired) electrons. The highest BCUT2D eigenvalue weighted by molar-refractivity contribution is 5.92. The van der Waals surface area contributed by atoms with Gasteiger partial charge in [-0.3, -0.25) is 4.79 Å². The second-order valence-corrected chi connectivity index (χ2v) is 4.65. The number of hydrogen-bond donors (Lipinski definition) is 1. The summed E-state index contributed by atoms with van der Waals surface area (Å²) in [6.45, 7) is 1.47. The Labute approximate surface area is 111 Å². The number of rotatable bonds is 2. The molecule has 1 saturated heterocycles. The zero-order valence-corrected chi connectivity index (χ0v) is 10.7. The molecule has 0 saturated carbocycles. The van der Waals surface area contributed by atoms with Crippen molar-refractivity contribution >= 4 is 11.9 Å². The average molecular weight is 263 g/mol. The summed E-state index contributed by atoms with van der Waals surface area (Å²) in [7, 11) is 0. The van der Waals surface area contributed by atoms with Gasteiger partial charge in [0.05, 0.1) is 12.4 Å².